The van der Waals surface area contributed by atoms with Crippen molar-refractivity contribution in [1.29, 1.82) is 0 Å². The van der Waals surface area contributed by atoms with Gasteiger partial charge in [-0.15, -0.1) is 0 Å². The van der Waals surface area contributed by atoms with Crippen LogP contribution in [0.3, 0.4) is 0 Å². The van der Waals surface area contributed by atoms with Crippen molar-refractivity contribution in [2.45, 2.75) is 209 Å². The van der Waals surface area contributed by atoms with Gasteiger partial charge in [-0.2, -0.15) is 0 Å². The first-order valence-corrected chi connectivity index (χ1v) is 37.1. The molecule has 0 bridgehead atoms. The molecule has 8 rings (SSSR count). The van der Waals surface area contributed by atoms with Gasteiger partial charge in [0.05, 0.1) is 0 Å². The number of hydrogen-bond acceptors (Lipinski definition) is 9. The molecule has 0 saturated heterocycles. The van der Waals surface area contributed by atoms with E-state index >= 15 is 0 Å². The fourth-order valence-electron chi connectivity index (χ4n) is 10.3. The fraction of sp³-hybridized carbons (Fsp3) is 0.381. The molecule has 0 aliphatic heterocycles. The summed E-state index contributed by atoms with van der Waals surface area (Å²) in [4.78, 5) is 7.79. The number of anilines is 8. The molecule has 0 aliphatic carbocycles. The monoisotopic (exact) mass is 1540 g/mol. The van der Waals surface area contributed by atoms with Crippen molar-refractivity contribution >= 4 is 162 Å². The average molecular weight is 1540 g/mol. The second-order valence-corrected chi connectivity index (χ2v) is 36.9. The van der Waals surface area contributed by atoms with E-state index < -0.39 is 0 Å². The first-order chi connectivity index (χ1) is 45.0. The van der Waals surface area contributed by atoms with E-state index in [4.69, 9.17) is 103 Å². The van der Waals surface area contributed by atoms with E-state index in [1.165, 1.54) is 44.5 Å². The van der Waals surface area contributed by atoms with Crippen molar-refractivity contribution < 1.29 is 23.2 Å². The zero-order chi connectivity index (χ0) is 74.5. The van der Waals surface area contributed by atoms with Crippen LogP contribution in [0.1, 0.15) is 211 Å². The first kappa shape index (κ1) is 85.1. The van der Waals surface area contributed by atoms with Crippen molar-refractivity contribution in [1.82, 2.24) is 0 Å². The minimum atomic E-state index is 0.131. The second-order valence-electron chi connectivity index (χ2n) is 32.8. The molecule has 0 fully saturated rings. The Balaban J connectivity index is 0.000000275. The molecular formula is C84H104MoN4OS8. The van der Waals surface area contributed by atoms with Gasteiger partial charge in [-0.3, -0.25) is 0 Å². The van der Waals surface area contributed by atoms with Gasteiger partial charge in [-0.25, -0.2) is 0 Å². The zero-order valence-electron chi connectivity index (χ0n) is 62.3. The van der Waals surface area contributed by atoms with Crippen LogP contribution in [0.15, 0.2) is 194 Å². The Morgan fingerprint density at radius 3 is 0.327 bits per heavy atom. The number of benzene rings is 8. The average Bonchev–Trinajstić information content (AvgIpc) is 0.824. The molecular weight excluding hydrogens is 1430 g/mol. The van der Waals surface area contributed by atoms with E-state index in [2.05, 4.69) is 360 Å². The Hall–Kier alpha value is -5.31. The molecule has 0 aliphatic rings. The van der Waals surface area contributed by atoms with Crippen molar-refractivity contribution in [3.8, 4) is 0 Å². The van der Waals surface area contributed by atoms with Crippen molar-refractivity contribution in [3.05, 3.63) is 239 Å². The molecule has 8 aromatic rings. The van der Waals surface area contributed by atoms with Crippen LogP contribution < -0.4 is 19.6 Å². The third kappa shape index (κ3) is 25.0. The van der Waals surface area contributed by atoms with E-state index in [0.29, 0.717) is 37.1 Å². The quantitative estimate of drug-likeness (QED) is 0.0823. The summed E-state index contributed by atoms with van der Waals surface area (Å²) in [6.07, 6.45) is 0. The standard InChI is InChI=1S/4C21H27NS2.Mo.O/c4*1-20(2,3)15-7-11-17(12-8-15)22(19(23)24)18-13-9-16(10-14-18)21(4,5)6;;/h4*7-14H,1-6H3,(H,23,24);;/q;;;;+4;/p-4. The van der Waals surface area contributed by atoms with Gasteiger partial charge < -0.3 is 119 Å². The van der Waals surface area contributed by atoms with Crippen molar-refractivity contribution in [3.63, 3.8) is 0 Å². The summed E-state index contributed by atoms with van der Waals surface area (Å²) in [6, 6.07) is 67.9. The molecule has 98 heavy (non-hydrogen) atoms. The van der Waals surface area contributed by atoms with Gasteiger partial charge in [0.15, 0.2) is 0 Å². The zero-order valence-corrected chi connectivity index (χ0v) is 70.9. The van der Waals surface area contributed by atoms with Gasteiger partial charge in [0.1, 0.15) is 0 Å². The van der Waals surface area contributed by atoms with Crippen LogP contribution in [0.2, 0.25) is 0 Å². The predicted molar refractivity (Wildman–Crippen MR) is 450 cm³/mol. The Morgan fingerprint density at radius 2 is 0.276 bits per heavy atom. The molecule has 0 saturated carbocycles. The van der Waals surface area contributed by atoms with Crippen molar-refractivity contribution in [2.75, 3.05) is 19.6 Å². The second kappa shape index (κ2) is 35.0. The number of rotatable bonds is 8. The minimum absolute atomic E-state index is 0.131. The van der Waals surface area contributed by atoms with Gasteiger partial charge in [0.2, 0.25) is 0 Å². The van der Waals surface area contributed by atoms with Crippen molar-refractivity contribution in [2.24, 2.45) is 0 Å². The van der Waals surface area contributed by atoms with Crippen LogP contribution >= 0.6 is 48.9 Å². The predicted octanol–water partition coefficient (Wildman–Crippen LogP) is 24.9. The summed E-state index contributed by atoms with van der Waals surface area (Å²) in [7, 11) is 0. The summed E-state index contributed by atoms with van der Waals surface area (Å²) in [5, 5.41) is 0. The third-order valence-electron chi connectivity index (χ3n) is 16.7. The normalized spacial score (nSPS) is 11.9. The van der Waals surface area contributed by atoms with E-state index in [1.807, 2.05) is 19.6 Å². The van der Waals surface area contributed by atoms with Gasteiger partial charge in [-0.05, 0) is 185 Å². The molecule has 0 heterocycles. The summed E-state index contributed by atoms with van der Waals surface area (Å²) in [5.74, 6) is 0. The summed E-state index contributed by atoms with van der Waals surface area (Å²) < 4.78 is 9.99. The fourth-order valence-corrected chi connectivity index (χ4v) is 12.0. The van der Waals surface area contributed by atoms with Gasteiger partial charge >= 0.3 is 23.2 Å². The third-order valence-corrected chi connectivity index (χ3v) is 18.1. The SMILES string of the molecule is CC(C)(C)c1ccc(N(C(=S)[S-])c2ccc(C(C)(C)C)cc2)cc1.CC(C)(C)c1ccc(N(C(=S)[S-])c2ccc(C(C)(C)C)cc2)cc1.CC(C)(C)c1ccc(N(C(=S)[S-])c2ccc(C(C)(C)C)cc2)cc1.CC(C)(C)c1ccc(N(C(=S)[S-])c2ccc(C(C)(C)C)cc2)cc1.[O]=[Mo+4]. The maximum atomic E-state index is 8.26. The molecule has 0 unspecified atom stereocenters. The van der Waals surface area contributed by atoms with Crippen LogP contribution in [0.25, 0.3) is 0 Å². The molecule has 0 spiro atoms. The van der Waals surface area contributed by atoms with Crippen LogP contribution in [-0.2, 0) is 117 Å². The topological polar surface area (TPSA) is 30.0 Å². The van der Waals surface area contributed by atoms with E-state index in [1.54, 1.807) is 0 Å². The Morgan fingerprint density at radius 1 is 0.204 bits per heavy atom. The molecule has 520 valence electrons. The van der Waals surface area contributed by atoms with Crippen LogP contribution in [-0.4, -0.2) is 17.3 Å². The summed E-state index contributed by atoms with van der Waals surface area (Å²) >= 11 is 43.4. The number of hydrogen-bond donors (Lipinski definition) is 0. The first-order valence-electron chi connectivity index (χ1n) is 33.1. The van der Waals surface area contributed by atoms with Gasteiger partial charge in [0.25, 0.3) is 0 Å². The van der Waals surface area contributed by atoms with Crippen LogP contribution in [0.4, 0.5) is 45.5 Å². The molecule has 0 radical (unpaired) electrons. The number of nitrogens with zero attached hydrogens (tertiary/aromatic N) is 4. The van der Waals surface area contributed by atoms with E-state index in [9.17, 15) is 0 Å². The number of thiocarbonyl (C=S) groups is 4. The molecule has 5 nitrogen and oxygen atoms in total. The molecule has 0 N–H and O–H groups in total. The Bertz CT molecular complexity index is 3130. The summed E-state index contributed by atoms with van der Waals surface area (Å²) in [5.41, 5.74) is 19.5. The van der Waals surface area contributed by atoms with Crippen LogP contribution in [0, 0.1) is 0 Å². The Labute approximate surface area is 647 Å². The molecule has 0 aromatic heterocycles. The molecule has 8 aromatic carbocycles. The van der Waals surface area contributed by atoms with E-state index in [-0.39, 0.29) is 43.3 Å². The molecule has 14 heteroatoms. The van der Waals surface area contributed by atoms with Gasteiger partial charge in [-0.1, -0.05) is 281 Å². The van der Waals surface area contributed by atoms with E-state index in [0.717, 1.165) is 45.5 Å². The maximum absolute atomic E-state index is 8.26. The van der Waals surface area contributed by atoms with Gasteiger partial charge in [0, 0.05) is 45.5 Å². The summed E-state index contributed by atoms with van der Waals surface area (Å²) in [6.45, 7) is 53.1. The Kier molecular flexibility index (Phi) is 30.4. The van der Waals surface area contributed by atoms with Crippen LogP contribution in [0.5, 0.6) is 0 Å². The molecule has 0 atom stereocenters. The molecule has 0 amide bonds.